The Morgan fingerprint density at radius 1 is 0.857 bits per heavy atom. The highest BCUT2D eigenvalue weighted by atomic mass is 16.6. The van der Waals surface area contributed by atoms with Crippen molar-refractivity contribution in [3.63, 3.8) is 0 Å². The Labute approximate surface area is 126 Å². The second-order valence-electron chi connectivity index (χ2n) is 5.35. The van der Waals surface area contributed by atoms with E-state index in [0.29, 0.717) is 13.2 Å². The molecule has 1 aliphatic carbocycles. The highest BCUT2D eigenvalue weighted by Gasteiger charge is 2.11. The normalized spacial score (nSPS) is 14.2. The highest BCUT2D eigenvalue weighted by Crippen LogP contribution is 2.32. The molecule has 0 amide bonds. The summed E-state index contributed by atoms with van der Waals surface area (Å²) in [4.78, 5) is 0. The van der Waals surface area contributed by atoms with Crippen LogP contribution in [0.2, 0.25) is 0 Å². The zero-order valence-electron chi connectivity index (χ0n) is 12.6. The third kappa shape index (κ3) is 2.94. The smallest absolute Gasteiger partial charge is 0.164 e. The van der Waals surface area contributed by atoms with Crippen LogP contribution in [0.5, 0.6) is 11.5 Å². The lowest BCUT2D eigenvalue weighted by atomic mass is 10.1. The Kier molecular flexibility index (Phi) is 3.96. The molecular formula is C19H20O2. The molecule has 0 atom stereocenters. The third-order valence-corrected chi connectivity index (χ3v) is 3.80. The summed E-state index contributed by atoms with van der Waals surface area (Å²) in [5, 5.41) is 0. The van der Waals surface area contributed by atoms with Crippen molar-refractivity contribution in [2.45, 2.75) is 20.3 Å². The standard InChI is InChI=1S/C10H10.C9H10O2/c1-8-4-2-5-9-6-3-7-10(8)9;1-7-3-2-4-8-9(7)11-6-5-10-8/h2-5,7H,6H2,1H3;2-4H,5-6H2,1H3. The van der Waals surface area contributed by atoms with Gasteiger partial charge in [0, 0.05) is 0 Å². The number of fused-ring (bicyclic) bond motifs is 2. The summed E-state index contributed by atoms with van der Waals surface area (Å²) in [6.07, 6.45) is 5.55. The molecule has 4 rings (SSSR count). The number of ether oxygens (including phenoxy) is 2. The predicted molar refractivity (Wildman–Crippen MR) is 86.1 cm³/mol. The molecule has 0 radical (unpaired) electrons. The molecule has 0 N–H and O–H groups in total. The Hall–Kier alpha value is -2.22. The third-order valence-electron chi connectivity index (χ3n) is 3.80. The van der Waals surface area contributed by atoms with Crippen molar-refractivity contribution in [3.8, 4) is 11.5 Å². The number of hydrogen-bond donors (Lipinski definition) is 0. The van der Waals surface area contributed by atoms with Gasteiger partial charge in [-0.05, 0) is 48.6 Å². The van der Waals surface area contributed by atoms with Crippen LogP contribution >= 0.6 is 0 Å². The molecular weight excluding hydrogens is 260 g/mol. The van der Waals surface area contributed by atoms with Gasteiger partial charge in [0.05, 0.1) is 0 Å². The van der Waals surface area contributed by atoms with Gasteiger partial charge in [0.1, 0.15) is 13.2 Å². The van der Waals surface area contributed by atoms with Gasteiger partial charge < -0.3 is 9.47 Å². The number of aryl methyl sites for hydroxylation is 2. The number of hydrogen-bond acceptors (Lipinski definition) is 2. The molecule has 0 saturated carbocycles. The molecule has 2 heteroatoms. The number of benzene rings is 2. The predicted octanol–water partition coefficient (Wildman–Crippen LogP) is 4.33. The molecule has 0 unspecified atom stereocenters. The lowest BCUT2D eigenvalue weighted by Gasteiger charge is -2.19. The van der Waals surface area contributed by atoms with Crippen LogP contribution in [-0.4, -0.2) is 13.2 Å². The van der Waals surface area contributed by atoms with E-state index in [9.17, 15) is 0 Å². The molecule has 21 heavy (non-hydrogen) atoms. The number of rotatable bonds is 0. The molecule has 0 spiro atoms. The summed E-state index contributed by atoms with van der Waals surface area (Å²) < 4.78 is 10.8. The largest absolute Gasteiger partial charge is 0.486 e. The molecule has 1 heterocycles. The van der Waals surface area contributed by atoms with Crippen molar-refractivity contribution < 1.29 is 9.47 Å². The minimum Gasteiger partial charge on any atom is -0.486 e. The first-order valence-corrected chi connectivity index (χ1v) is 7.36. The van der Waals surface area contributed by atoms with Crippen molar-refractivity contribution in [1.29, 1.82) is 0 Å². The van der Waals surface area contributed by atoms with Gasteiger partial charge in [-0.3, -0.25) is 0 Å². The van der Waals surface area contributed by atoms with Crippen molar-refractivity contribution >= 4 is 6.08 Å². The second kappa shape index (κ2) is 6.04. The van der Waals surface area contributed by atoms with Gasteiger partial charge in [-0.2, -0.15) is 0 Å². The van der Waals surface area contributed by atoms with Gasteiger partial charge in [0.25, 0.3) is 0 Å². The van der Waals surface area contributed by atoms with E-state index in [4.69, 9.17) is 9.47 Å². The molecule has 2 aliphatic rings. The minimum atomic E-state index is 0.663. The zero-order chi connectivity index (χ0) is 14.7. The Morgan fingerprint density at radius 2 is 1.62 bits per heavy atom. The summed E-state index contributed by atoms with van der Waals surface area (Å²) in [5.41, 5.74) is 5.44. The average Bonchev–Trinajstić information content (AvgIpc) is 2.99. The first-order valence-electron chi connectivity index (χ1n) is 7.36. The Morgan fingerprint density at radius 3 is 2.43 bits per heavy atom. The maximum atomic E-state index is 5.43. The van der Waals surface area contributed by atoms with Gasteiger partial charge in [-0.15, -0.1) is 0 Å². The lowest BCUT2D eigenvalue weighted by Crippen LogP contribution is -2.15. The van der Waals surface area contributed by atoms with E-state index in [0.717, 1.165) is 23.5 Å². The Bertz CT molecular complexity index is 671. The topological polar surface area (TPSA) is 18.5 Å². The van der Waals surface area contributed by atoms with E-state index in [-0.39, 0.29) is 0 Å². The van der Waals surface area contributed by atoms with Gasteiger partial charge in [-0.25, -0.2) is 0 Å². The lowest BCUT2D eigenvalue weighted by molar-refractivity contribution is 0.170. The van der Waals surface area contributed by atoms with Gasteiger partial charge in [0.2, 0.25) is 0 Å². The first kappa shape index (κ1) is 13.7. The highest BCUT2D eigenvalue weighted by molar-refractivity contribution is 5.62. The fourth-order valence-electron chi connectivity index (χ4n) is 2.68. The molecule has 0 bridgehead atoms. The monoisotopic (exact) mass is 280 g/mol. The summed E-state index contributed by atoms with van der Waals surface area (Å²) in [7, 11) is 0. The maximum absolute atomic E-state index is 5.43. The van der Waals surface area contributed by atoms with Gasteiger partial charge in [-0.1, -0.05) is 42.5 Å². The van der Waals surface area contributed by atoms with Crippen LogP contribution in [0.3, 0.4) is 0 Å². The van der Waals surface area contributed by atoms with Crippen molar-refractivity contribution in [2.75, 3.05) is 13.2 Å². The van der Waals surface area contributed by atoms with Crippen LogP contribution in [0.15, 0.2) is 42.5 Å². The molecule has 2 aromatic carbocycles. The van der Waals surface area contributed by atoms with Crippen LogP contribution in [0.4, 0.5) is 0 Å². The van der Waals surface area contributed by atoms with E-state index in [1.165, 1.54) is 16.7 Å². The number of allylic oxidation sites excluding steroid dienone is 1. The summed E-state index contributed by atoms with van der Waals surface area (Å²) >= 11 is 0. The van der Waals surface area contributed by atoms with Crippen LogP contribution in [0.1, 0.15) is 22.3 Å². The van der Waals surface area contributed by atoms with E-state index in [1.807, 2.05) is 25.1 Å². The summed E-state index contributed by atoms with van der Waals surface area (Å²) in [6, 6.07) is 12.4. The molecule has 1 aliphatic heterocycles. The second-order valence-corrected chi connectivity index (χ2v) is 5.35. The minimum absolute atomic E-state index is 0.663. The van der Waals surface area contributed by atoms with E-state index in [2.05, 4.69) is 37.3 Å². The fourth-order valence-corrected chi connectivity index (χ4v) is 2.68. The number of para-hydroxylation sites is 1. The van der Waals surface area contributed by atoms with Crippen LogP contribution in [-0.2, 0) is 6.42 Å². The van der Waals surface area contributed by atoms with Crippen LogP contribution in [0, 0.1) is 13.8 Å². The zero-order valence-corrected chi connectivity index (χ0v) is 12.6. The first-order chi connectivity index (χ1) is 10.3. The molecule has 2 aromatic rings. The average molecular weight is 280 g/mol. The molecule has 0 fully saturated rings. The van der Waals surface area contributed by atoms with E-state index >= 15 is 0 Å². The SMILES string of the molecule is Cc1cccc2c1C=CC2.Cc1cccc2c1OCCO2. The van der Waals surface area contributed by atoms with E-state index in [1.54, 1.807) is 0 Å². The summed E-state index contributed by atoms with van der Waals surface area (Å²) in [6.45, 7) is 5.51. The van der Waals surface area contributed by atoms with Crippen LogP contribution in [0.25, 0.3) is 6.08 Å². The Balaban J connectivity index is 0.000000126. The van der Waals surface area contributed by atoms with Crippen molar-refractivity contribution in [3.05, 3.63) is 64.7 Å². The quantitative estimate of drug-likeness (QED) is 0.715. The molecule has 0 saturated heterocycles. The fraction of sp³-hybridized carbons (Fsp3) is 0.263. The molecule has 108 valence electrons. The van der Waals surface area contributed by atoms with Crippen LogP contribution < -0.4 is 9.47 Å². The van der Waals surface area contributed by atoms with Crippen molar-refractivity contribution in [2.24, 2.45) is 0 Å². The van der Waals surface area contributed by atoms with Gasteiger partial charge in [0.15, 0.2) is 11.5 Å². The van der Waals surface area contributed by atoms with Gasteiger partial charge >= 0.3 is 0 Å². The van der Waals surface area contributed by atoms with E-state index < -0.39 is 0 Å². The summed E-state index contributed by atoms with van der Waals surface area (Å²) in [5.74, 6) is 1.77. The molecule has 2 nitrogen and oxygen atoms in total. The maximum Gasteiger partial charge on any atom is 0.164 e. The molecule has 0 aromatic heterocycles. The van der Waals surface area contributed by atoms with Crippen molar-refractivity contribution in [1.82, 2.24) is 0 Å².